The molecule has 3 rings (SSSR count). The number of ether oxygens (including phenoxy) is 1. The van der Waals surface area contributed by atoms with Crippen molar-refractivity contribution in [2.24, 2.45) is 0 Å². The Morgan fingerprint density at radius 2 is 1.61 bits per heavy atom. The summed E-state index contributed by atoms with van der Waals surface area (Å²) in [6, 6.07) is 15.6. The van der Waals surface area contributed by atoms with E-state index in [2.05, 4.69) is 39.6 Å². The van der Waals surface area contributed by atoms with E-state index in [0.29, 0.717) is 17.2 Å². The molecular formula is C26H25N3O4. The first kappa shape index (κ1) is 23.6. The van der Waals surface area contributed by atoms with Gasteiger partial charge in [-0.25, -0.2) is 4.79 Å². The van der Waals surface area contributed by atoms with Gasteiger partial charge in [-0.05, 0) is 61.1 Å². The lowest BCUT2D eigenvalue weighted by Crippen LogP contribution is -2.50. The molecule has 0 saturated heterocycles. The number of amides is 2. The molecule has 7 nitrogen and oxygen atoms in total. The first-order chi connectivity index (χ1) is 16.0. The largest absolute Gasteiger partial charge is 0.467 e. The minimum absolute atomic E-state index is 0.0623. The van der Waals surface area contributed by atoms with E-state index >= 15 is 0 Å². The Balaban J connectivity index is 1.53. The van der Waals surface area contributed by atoms with Crippen LogP contribution in [0.5, 0.6) is 0 Å². The van der Waals surface area contributed by atoms with Crippen LogP contribution < -0.4 is 16.0 Å². The zero-order chi connectivity index (χ0) is 23.5. The highest BCUT2D eigenvalue weighted by molar-refractivity contribution is 5.97. The number of hydrogen-bond acceptors (Lipinski definition) is 5. The number of rotatable bonds is 8. The number of methoxy groups -OCH3 is 1. The molecule has 0 aromatic heterocycles. The molecule has 3 N–H and O–H groups in total. The smallest absolute Gasteiger partial charge is 0.330 e. The van der Waals surface area contributed by atoms with Crippen molar-refractivity contribution in [3.05, 3.63) is 71.3 Å². The van der Waals surface area contributed by atoms with E-state index in [-0.39, 0.29) is 19.0 Å². The second-order valence-electron chi connectivity index (χ2n) is 7.45. The van der Waals surface area contributed by atoms with E-state index in [1.807, 2.05) is 30.3 Å². The minimum atomic E-state index is -1.000. The summed E-state index contributed by atoms with van der Waals surface area (Å²) in [6.45, 7) is 0.109. The lowest BCUT2D eigenvalue weighted by Gasteiger charge is -2.17. The average Bonchev–Trinajstić information content (AvgIpc) is 3.68. The van der Waals surface area contributed by atoms with Gasteiger partial charge in [0.1, 0.15) is 6.04 Å². The number of esters is 1. The Morgan fingerprint density at radius 3 is 2.21 bits per heavy atom. The van der Waals surface area contributed by atoms with Gasteiger partial charge in [0.15, 0.2) is 0 Å². The van der Waals surface area contributed by atoms with Crippen molar-refractivity contribution in [1.82, 2.24) is 16.0 Å². The highest BCUT2D eigenvalue weighted by Crippen LogP contribution is 2.17. The van der Waals surface area contributed by atoms with Crippen LogP contribution in [0, 0.1) is 23.7 Å². The summed E-state index contributed by atoms with van der Waals surface area (Å²) in [7, 11) is 1.23. The van der Waals surface area contributed by atoms with Crippen LogP contribution in [-0.4, -0.2) is 50.1 Å². The SMILES string of the molecule is COC(=O)[C@H](CNC(=O)CNC1CC1)NC(=O)c1ccc(C#CC#Cc2ccccc2)cc1. The lowest BCUT2D eigenvalue weighted by molar-refractivity contribution is -0.142. The van der Waals surface area contributed by atoms with Crippen molar-refractivity contribution in [2.75, 3.05) is 20.2 Å². The van der Waals surface area contributed by atoms with E-state index < -0.39 is 17.9 Å². The maximum atomic E-state index is 12.6. The predicted molar refractivity (Wildman–Crippen MR) is 124 cm³/mol. The summed E-state index contributed by atoms with van der Waals surface area (Å²) in [5.41, 5.74) is 1.94. The number of benzene rings is 2. The van der Waals surface area contributed by atoms with Crippen LogP contribution in [0.25, 0.3) is 0 Å². The molecular weight excluding hydrogens is 418 g/mol. The maximum absolute atomic E-state index is 12.6. The van der Waals surface area contributed by atoms with Crippen molar-refractivity contribution in [2.45, 2.75) is 24.9 Å². The second kappa shape index (κ2) is 12.1. The molecule has 168 valence electrons. The molecule has 0 bridgehead atoms. The first-order valence-corrected chi connectivity index (χ1v) is 10.6. The summed E-state index contributed by atoms with van der Waals surface area (Å²) in [5.74, 6) is 10.1. The Hall–Kier alpha value is -4.07. The van der Waals surface area contributed by atoms with E-state index in [9.17, 15) is 14.4 Å². The molecule has 7 heteroatoms. The highest BCUT2D eigenvalue weighted by Gasteiger charge is 2.24. The van der Waals surface area contributed by atoms with Crippen LogP contribution >= 0.6 is 0 Å². The molecule has 0 radical (unpaired) electrons. The van der Waals surface area contributed by atoms with Gasteiger partial charge in [0.25, 0.3) is 5.91 Å². The van der Waals surface area contributed by atoms with Gasteiger partial charge in [0, 0.05) is 29.3 Å². The Bertz CT molecular complexity index is 1100. The van der Waals surface area contributed by atoms with Crippen molar-refractivity contribution >= 4 is 17.8 Å². The second-order valence-corrected chi connectivity index (χ2v) is 7.45. The fraction of sp³-hybridized carbons (Fsp3) is 0.269. The Morgan fingerprint density at radius 1 is 0.970 bits per heavy atom. The molecule has 1 aliphatic rings. The molecule has 0 spiro atoms. The molecule has 0 aliphatic heterocycles. The van der Waals surface area contributed by atoms with E-state index in [1.165, 1.54) is 7.11 Å². The van der Waals surface area contributed by atoms with Crippen LogP contribution in [0.4, 0.5) is 0 Å². The van der Waals surface area contributed by atoms with Gasteiger partial charge in [-0.3, -0.25) is 9.59 Å². The fourth-order valence-corrected chi connectivity index (χ4v) is 2.81. The Labute approximate surface area is 193 Å². The molecule has 1 atom stereocenters. The summed E-state index contributed by atoms with van der Waals surface area (Å²) < 4.78 is 4.74. The quantitative estimate of drug-likeness (QED) is 0.421. The van der Waals surface area contributed by atoms with Crippen LogP contribution in [-0.2, 0) is 14.3 Å². The summed E-state index contributed by atoms with van der Waals surface area (Å²) in [5, 5.41) is 8.33. The molecule has 0 heterocycles. The third-order valence-electron chi connectivity index (χ3n) is 4.82. The number of nitrogens with one attached hydrogen (secondary N) is 3. The lowest BCUT2D eigenvalue weighted by atomic mass is 10.1. The van der Waals surface area contributed by atoms with E-state index in [0.717, 1.165) is 18.4 Å². The van der Waals surface area contributed by atoms with Crippen LogP contribution in [0.1, 0.15) is 34.3 Å². The van der Waals surface area contributed by atoms with Gasteiger partial charge < -0.3 is 20.7 Å². The molecule has 1 aliphatic carbocycles. The van der Waals surface area contributed by atoms with Crippen molar-refractivity contribution in [1.29, 1.82) is 0 Å². The fourth-order valence-electron chi connectivity index (χ4n) is 2.81. The van der Waals surface area contributed by atoms with Gasteiger partial charge >= 0.3 is 5.97 Å². The topological polar surface area (TPSA) is 96.5 Å². The van der Waals surface area contributed by atoms with Crippen molar-refractivity contribution < 1.29 is 19.1 Å². The van der Waals surface area contributed by atoms with Gasteiger partial charge in [-0.15, -0.1) is 0 Å². The monoisotopic (exact) mass is 443 g/mol. The standard InChI is InChI=1S/C26H25N3O4/c1-33-26(32)23(17-28-24(30)18-27-22-15-16-22)29-25(31)21-13-11-20(12-14-21)10-6-5-9-19-7-3-2-4-8-19/h2-4,7-8,11-14,22-23,27H,15-18H2,1H3,(H,28,30)(H,29,31)/t23-/m0/s1. The molecule has 2 aromatic carbocycles. The highest BCUT2D eigenvalue weighted by atomic mass is 16.5. The molecule has 1 fully saturated rings. The molecule has 1 saturated carbocycles. The third kappa shape index (κ3) is 8.17. The van der Waals surface area contributed by atoms with Crippen molar-refractivity contribution in [3.63, 3.8) is 0 Å². The van der Waals surface area contributed by atoms with Crippen LogP contribution in [0.2, 0.25) is 0 Å². The molecule has 2 aromatic rings. The van der Waals surface area contributed by atoms with Crippen molar-refractivity contribution in [3.8, 4) is 23.7 Å². The molecule has 0 unspecified atom stereocenters. The first-order valence-electron chi connectivity index (χ1n) is 10.6. The average molecular weight is 444 g/mol. The van der Waals surface area contributed by atoms with Gasteiger partial charge in [-0.1, -0.05) is 30.0 Å². The summed E-state index contributed by atoms with van der Waals surface area (Å²) in [6.07, 6.45) is 2.14. The summed E-state index contributed by atoms with van der Waals surface area (Å²) in [4.78, 5) is 36.5. The maximum Gasteiger partial charge on any atom is 0.330 e. The van der Waals surface area contributed by atoms with Gasteiger partial charge in [0.05, 0.1) is 13.7 Å². The predicted octanol–water partition coefficient (Wildman–Crippen LogP) is 1.23. The third-order valence-corrected chi connectivity index (χ3v) is 4.82. The minimum Gasteiger partial charge on any atom is -0.467 e. The van der Waals surface area contributed by atoms with Gasteiger partial charge in [0.2, 0.25) is 5.91 Å². The van der Waals surface area contributed by atoms with Gasteiger partial charge in [-0.2, -0.15) is 0 Å². The zero-order valence-electron chi connectivity index (χ0n) is 18.3. The normalized spacial score (nSPS) is 12.8. The van der Waals surface area contributed by atoms with Crippen LogP contribution in [0.15, 0.2) is 54.6 Å². The zero-order valence-corrected chi connectivity index (χ0v) is 18.3. The summed E-state index contributed by atoms with van der Waals surface area (Å²) >= 11 is 0. The molecule has 2 amide bonds. The number of hydrogen-bond donors (Lipinski definition) is 3. The number of carbonyl (C=O) groups is 3. The van der Waals surface area contributed by atoms with E-state index in [1.54, 1.807) is 24.3 Å². The Kier molecular flexibility index (Phi) is 8.64. The van der Waals surface area contributed by atoms with Crippen LogP contribution in [0.3, 0.4) is 0 Å². The number of carbonyl (C=O) groups excluding carboxylic acids is 3. The van der Waals surface area contributed by atoms with E-state index in [4.69, 9.17) is 4.74 Å². The molecule has 33 heavy (non-hydrogen) atoms.